The van der Waals surface area contributed by atoms with Crippen LogP contribution in [-0.4, -0.2) is 36.2 Å². The number of hydrogen-bond acceptors (Lipinski definition) is 4. The lowest BCUT2D eigenvalue weighted by Crippen LogP contribution is -2.67. The maximum atomic E-state index is 11.7. The van der Waals surface area contributed by atoms with Crippen LogP contribution in [-0.2, 0) is 19.1 Å². The van der Waals surface area contributed by atoms with Crippen molar-refractivity contribution >= 4 is 11.8 Å². The van der Waals surface area contributed by atoms with Gasteiger partial charge in [-0.2, -0.15) is 0 Å². The van der Waals surface area contributed by atoms with Crippen molar-refractivity contribution in [2.24, 2.45) is 0 Å². The molecule has 0 aromatic carbocycles. The lowest BCUT2D eigenvalue weighted by Gasteiger charge is -2.57. The molecule has 2 amide bonds. The van der Waals surface area contributed by atoms with Crippen LogP contribution in [0.5, 0.6) is 0 Å². The first-order chi connectivity index (χ1) is 8.64. The number of fused-ring (bicyclic) bond motifs is 2. The summed E-state index contributed by atoms with van der Waals surface area (Å²) < 4.78 is 11.4. The van der Waals surface area contributed by atoms with Gasteiger partial charge in [0.1, 0.15) is 17.0 Å². The second-order valence-electron chi connectivity index (χ2n) is 5.39. The molecule has 2 spiro atoms. The van der Waals surface area contributed by atoms with Gasteiger partial charge in [-0.15, -0.1) is 0 Å². The van der Waals surface area contributed by atoms with Crippen molar-refractivity contribution in [1.29, 1.82) is 0 Å². The minimum atomic E-state index is -0.536. The van der Waals surface area contributed by atoms with Crippen LogP contribution >= 0.6 is 0 Å². The maximum absolute atomic E-state index is 11.7. The van der Waals surface area contributed by atoms with E-state index in [2.05, 4.69) is 10.6 Å². The molecule has 2 unspecified atom stereocenters. The second kappa shape index (κ2) is 3.13. The van der Waals surface area contributed by atoms with Crippen LogP contribution in [0.2, 0.25) is 0 Å². The highest BCUT2D eigenvalue weighted by Gasteiger charge is 2.60. The van der Waals surface area contributed by atoms with Gasteiger partial charge < -0.3 is 20.1 Å². The van der Waals surface area contributed by atoms with E-state index in [4.69, 9.17) is 9.47 Å². The molecule has 0 bridgehead atoms. The summed E-state index contributed by atoms with van der Waals surface area (Å²) in [5, 5.41) is 5.49. The standard InChI is InChI=1S/C12H14N2O4/c15-7-5-11(1-3-17-11)9-10(13-7)14-8(16)6-12(9)2-4-18-12/h1-6H2,(H,13,15)(H,14,16). The molecule has 0 saturated carbocycles. The molecule has 0 aliphatic carbocycles. The van der Waals surface area contributed by atoms with Crippen molar-refractivity contribution in [2.45, 2.75) is 36.9 Å². The summed E-state index contributed by atoms with van der Waals surface area (Å²) in [6.07, 6.45) is 2.29. The molecule has 0 aromatic heterocycles. The Hall–Kier alpha value is -1.40. The molecule has 2 saturated heterocycles. The number of ether oxygens (including phenoxy) is 2. The molecule has 2 fully saturated rings. The monoisotopic (exact) mass is 250 g/mol. The molecule has 4 rings (SSSR count). The number of amides is 2. The Labute approximate surface area is 104 Å². The maximum Gasteiger partial charge on any atom is 0.228 e. The molecule has 6 heteroatoms. The fourth-order valence-electron chi connectivity index (χ4n) is 3.46. The predicted octanol–water partition coefficient (Wildman–Crippen LogP) is -0.444. The summed E-state index contributed by atoms with van der Waals surface area (Å²) >= 11 is 0. The van der Waals surface area contributed by atoms with Gasteiger partial charge in [0.15, 0.2) is 0 Å². The molecule has 18 heavy (non-hydrogen) atoms. The summed E-state index contributed by atoms with van der Waals surface area (Å²) in [7, 11) is 0. The van der Waals surface area contributed by atoms with Crippen LogP contribution in [0.3, 0.4) is 0 Å². The molecular weight excluding hydrogens is 236 g/mol. The molecule has 0 aromatic rings. The van der Waals surface area contributed by atoms with Gasteiger partial charge in [0.05, 0.1) is 26.1 Å². The third kappa shape index (κ3) is 1.14. The fraction of sp³-hybridized carbons (Fsp3) is 0.667. The Morgan fingerprint density at radius 2 is 1.33 bits per heavy atom. The van der Waals surface area contributed by atoms with Gasteiger partial charge in [0.25, 0.3) is 0 Å². The van der Waals surface area contributed by atoms with E-state index in [1.807, 2.05) is 0 Å². The first-order valence-corrected chi connectivity index (χ1v) is 6.27. The van der Waals surface area contributed by atoms with Crippen LogP contribution in [0.4, 0.5) is 0 Å². The van der Waals surface area contributed by atoms with Crippen LogP contribution < -0.4 is 10.6 Å². The van der Waals surface area contributed by atoms with E-state index in [9.17, 15) is 9.59 Å². The zero-order valence-corrected chi connectivity index (χ0v) is 9.88. The Morgan fingerprint density at radius 3 is 1.67 bits per heavy atom. The molecule has 4 aliphatic rings. The van der Waals surface area contributed by atoms with Crippen molar-refractivity contribution in [3.05, 3.63) is 11.4 Å². The minimum absolute atomic E-state index is 0.106. The number of nitrogens with one attached hydrogen (secondary N) is 2. The zero-order valence-electron chi connectivity index (χ0n) is 9.88. The third-order valence-corrected chi connectivity index (χ3v) is 4.35. The molecule has 6 nitrogen and oxygen atoms in total. The second-order valence-corrected chi connectivity index (χ2v) is 5.39. The number of carbonyl (C=O) groups is 2. The highest BCUT2D eigenvalue weighted by Crippen LogP contribution is 2.52. The molecule has 96 valence electrons. The van der Waals surface area contributed by atoms with Gasteiger partial charge >= 0.3 is 0 Å². The van der Waals surface area contributed by atoms with Crippen LogP contribution in [0.25, 0.3) is 0 Å². The van der Waals surface area contributed by atoms with Crippen molar-refractivity contribution in [3.63, 3.8) is 0 Å². The summed E-state index contributed by atoms with van der Waals surface area (Å²) in [6, 6.07) is 0. The molecule has 4 heterocycles. The topological polar surface area (TPSA) is 76.7 Å². The molecule has 0 radical (unpaired) electrons. The highest BCUT2D eigenvalue weighted by molar-refractivity contribution is 5.88. The largest absolute Gasteiger partial charge is 0.370 e. The Bertz CT molecular complexity index is 446. The van der Waals surface area contributed by atoms with Gasteiger partial charge in [-0.05, 0) is 0 Å². The number of rotatable bonds is 0. The van der Waals surface area contributed by atoms with Crippen LogP contribution in [0, 0.1) is 0 Å². The normalized spacial score (nSPS) is 42.0. The van der Waals surface area contributed by atoms with Crippen molar-refractivity contribution in [3.8, 4) is 0 Å². The van der Waals surface area contributed by atoms with Gasteiger partial charge in [0, 0.05) is 18.4 Å². The molecule has 4 aliphatic heterocycles. The van der Waals surface area contributed by atoms with E-state index >= 15 is 0 Å². The number of hydrogen-bond donors (Lipinski definition) is 2. The average Bonchev–Trinajstić information content (AvgIpc) is 2.21. The van der Waals surface area contributed by atoms with Crippen molar-refractivity contribution in [1.82, 2.24) is 10.6 Å². The van der Waals surface area contributed by atoms with Gasteiger partial charge in [-0.25, -0.2) is 0 Å². The van der Waals surface area contributed by atoms with E-state index in [1.54, 1.807) is 0 Å². The minimum Gasteiger partial charge on any atom is -0.370 e. The van der Waals surface area contributed by atoms with Crippen molar-refractivity contribution < 1.29 is 19.1 Å². The highest BCUT2D eigenvalue weighted by atomic mass is 16.5. The van der Waals surface area contributed by atoms with E-state index in [1.165, 1.54) is 0 Å². The van der Waals surface area contributed by atoms with Crippen molar-refractivity contribution in [2.75, 3.05) is 13.2 Å². The van der Waals surface area contributed by atoms with Gasteiger partial charge in [-0.3, -0.25) is 9.59 Å². The first-order valence-electron chi connectivity index (χ1n) is 6.27. The quantitative estimate of drug-likeness (QED) is 0.611. The fourth-order valence-corrected chi connectivity index (χ4v) is 3.46. The first kappa shape index (κ1) is 10.5. The summed E-state index contributed by atoms with van der Waals surface area (Å²) in [5.74, 6) is 0.289. The van der Waals surface area contributed by atoms with E-state index in [0.717, 1.165) is 18.4 Å². The predicted molar refractivity (Wildman–Crippen MR) is 59.1 cm³/mol. The average molecular weight is 250 g/mol. The van der Waals surface area contributed by atoms with Gasteiger partial charge in [0.2, 0.25) is 11.8 Å². The molecule has 2 atom stereocenters. The van der Waals surface area contributed by atoms with E-state index < -0.39 is 11.2 Å². The SMILES string of the molecule is O=C1CC2(CCO2)C2=C(N1)NC(=O)CC21CCO1. The summed E-state index contributed by atoms with van der Waals surface area (Å²) in [4.78, 5) is 23.5. The molecule has 2 N–H and O–H groups in total. The van der Waals surface area contributed by atoms with Crippen LogP contribution in [0.1, 0.15) is 25.7 Å². The Kier molecular flexibility index (Phi) is 1.83. The lowest BCUT2D eigenvalue weighted by molar-refractivity contribution is -0.195. The van der Waals surface area contributed by atoms with Gasteiger partial charge in [-0.1, -0.05) is 0 Å². The smallest absolute Gasteiger partial charge is 0.228 e. The van der Waals surface area contributed by atoms with Crippen LogP contribution in [0.15, 0.2) is 11.4 Å². The zero-order chi connectivity index (χ0) is 12.4. The Balaban J connectivity index is 1.86. The molecular formula is C12H14N2O4. The summed E-state index contributed by atoms with van der Waals surface area (Å²) in [5.41, 5.74) is -0.121. The third-order valence-electron chi connectivity index (χ3n) is 4.35. The Morgan fingerprint density at radius 1 is 0.889 bits per heavy atom. The number of carbonyl (C=O) groups excluding carboxylic acids is 2. The van der Waals surface area contributed by atoms with E-state index in [-0.39, 0.29) is 11.8 Å². The summed E-state index contributed by atoms with van der Waals surface area (Å²) in [6.45, 7) is 1.32. The van der Waals surface area contributed by atoms with E-state index in [0.29, 0.717) is 31.9 Å². The lowest BCUT2D eigenvalue weighted by atomic mass is 9.67.